The van der Waals surface area contributed by atoms with E-state index in [1.54, 1.807) is 6.92 Å². The number of hydrogen-bond acceptors (Lipinski definition) is 5. The SMILES string of the molecule is C=CCOC(=O)C(=[N+]=[N-])C(=O)[C@H](CC)[C@H]1NC(=O)[C@H]1[C@@H](CO[SiH](C)C)C(C)(C)C. The molecule has 8 nitrogen and oxygen atoms in total. The zero-order valence-corrected chi connectivity index (χ0v) is 19.4. The van der Waals surface area contributed by atoms with Gasteiger partial charge in [0.2, 0.25) is 5.91 Å². The monoisotopic (exact) mass is 423 g/mol. The van der Waals surface area contributed by atoms with Crippen molar-refractivity contribution in [2.45, 2.75) is 53.3 Å². The molecule has 0 aliphatic carbocycles. The van der Waals surface area contributed by atoms with Gasteiger partial charge in [-0.1, -0.05) is 40.3 Å². The van der Waals surface area contributed by atoms with Gasteiger partial charge in [-0.3, -0.25) is 9.59 Å². The van der Waals surface area contributed by atoms with E-state index in [1.807, 2.05) is 20.8 Å². The average Bonchev–Trinajstić information content (AvgIpc) is 2.62. The summed E-state index contributed by atoms with van der Waals surface area (Å²) in [4.78, 5) is 40.4. The largest absolute Gasteiger partial charge is 0.453 e. The zero-order chi connectivity index (χ0) is 22.4. The molecule has 1 fully saturated rings. The van der Waals surface area contributed by atoms with Crippen molar-refractivity contribution in [2.75, 3.05) is 13.2 Å². The van der Waals surface area contributed by atoms with Crippen LogP contribution in [0.2, 0.25) is 13.1 Å². The van der Waals surface area contributed by atoms with Crippen molar-refractivity contribution in [3.8, 4) is 0 Å². The highest BCUT2D eigenvalue weighted by Crippen LogP contribution is 2.40. The van der Waals surface area contributed by atoms with Crippen molar-refractivity contribution in [2.24, 2.45) is 23.2 Å². The molecule has 162 valence electrons. The maximum absolute atomic E-state index is 12.9. The van der Waals surface area contributed by atoms with E-state index in [0.717, 1.165) is 0 Å². The van der Waals surface area contributed by atoms with Crippen molar-refractivity contribution in [3.05, 3.63) is 18.2 Å². The van der Waals surface area contributed by atoms with Crippen molar-refractivity contribution >= 4 is 32.4 Å². The minimum atomic E-state index is -1.29. The Labute approximate surface area is 174 Å². The molecule has 1 heterocycles. The fourth-order valence-electron chi connectivity index (χ4n) is 3.56. The molecular formula is C20H33N3O5Si. The van der Waals surface area contributed by atoms with Crippen LogP contribution in [-0.2, 0) is 23.5 Å². The zero-order valence-electron chi connectivity index (χ0n) is 18.2. The molecule has 0 spiro atoms. The molecule has 0 aromatic carbocycles. The predicted octanol–water partition coefficient (Wildman–Crippen LogP) is 1.76. The molecule has 1 rings (SSSR count). The number of carbonyl (C=O) groups excluding carboxylic acids is 3. The van der Waals surface area contributed by atoms with Gasteiger partial charge in [0, 0.05) is 6.61 Å². The van der Waals surface area contributed by atoms with Gasteiger partial charge >= 0.3 is 11.7 Å². The third-order valence-electron chi connectivity index (χ3n) is 5.22. The Bertz CT molecular complexity index is 695. The smallest absolute Gasteiger partial charge is 0.441 e. The number of β-lactam (4-membered cyclic amide) rings is 1. The standard InChI is InChI=1S/C20H33N3O5Si/c1-8-10-27-19(26)16(23-21)17(24)12(9-2)15-14(18(25)22-15)13(20(3,4)5)11-28-29(6)7/h8,12-15,29H,1,9-11H2,2-7H3,(H,22,25)/t12-,13-,14+,15-/m1/s1. The number of rotatable bonds is 11. The molecule has 1 aliphatic heterocycles. The second kappa shape index (κ2) is 10.6. The topological polar surface area (TPSA) is 118 Å². The third kappa shape index (κ3) is 6.19. The van der Waals surface area contributed by atoms with E-state index in [0.29, 0.717) is 13.0 Å². The maximum Gasteiger partial charge on any atom is 0.441 e. The number of amides is 1. The van der Waals surface area contributed by atoms with Gasteiger partial charge in [0.1, 0.15) is 6.61 Å². The summed E-state index contributed by atoms with van der Waals surface area (Å²) in [5.74, 6) is -3.03. The summed E-state index contributed by atoms with van der Waals surface area (Å²) < 4.78 is 10.8. The van der Waals surface area contributed by atoms with Gasteiger partial charge < -0.3 is 20.0 Å². The van der Waals surface area contributed by atoms with Gasteiger partial charge in [-0.25, -0.2) is 4.79 Å². The molecule has 0 saturated carbocycles. The number of esters is 1. The highest BCUT2D eigenvalue weighted by Gasteiger charge is 2.54. The van der Waals surface area contributed by atoms with Crippen LogP contribution >= 0.6 is 0 Å². The highest BCUT2D eigenvalue weighted by atomic mass is 28.3. The molecule has 0 bridgehead atoms. The van der Waals surface area contributed by atoms with E-state index in [4.69, 9.17) is 9.16 Å². The number of ketones is 1. The molecule has 0 radical (unpaired) electrons. The van der Waals surface area contributed by atoms with Crippen LogP contribution in [-0.4, -0.2) is 56.5 Å². The fourth-order valence-corrected chi connectivity index (χ4v) is 4.15. The molecule has 0 aromatic rings. The summed E-state index contributed by atoms with van der Waals surface area (Å²) in [5, 5.41) is 2.82. The van der Waals surface area contributed by atoms with E-state index in [-0.39, 0.29) is 23.8 Å². The lowest BCUT2D eigenvalue weighted by Gasteiger charge is -2.48. The van der Waals surface area contributed by atoms with Gasteiger partial charge in [0.05, 0.1) is 17.9 Å². The molecule has 0 unspecified atom stereocenters. The van der Waals surface area contributed by atoms with Crippen LogP contribution in [0.5, 0.6) is 0 Å². The number of hydrogen-bond donors (Lipinski definition) is 1. The minimum Gasteiger partial charge on any atom is -0.453 e. The van der Waals surface area contributed by atoms with E-state index in [9.17, 15) is 19.9 Å². The van der Waals surface area contributed by atoms with Crippen LogP contribution in [0.3, 0.4) is 0 Å². The Morgan fingerprint density at radius 2 is 2.00 bits per heavy atom. The molecule has 29 heavy (non-hydrogen) atoms. The molecule has 0 aromatic heterocycles. The maximum atomic E-state index is 12.9. The molecule has 4 atom stereocenters. The Morgan fingerprint density at radius 1 is 1.38 bits per heavy atom. The Hall–Kier alpha value is -2.09. The lowest BCUT2D eigenvalue weighted by Crippen LogP contribution is -2.67. The van der Waals surface area contributed by atoms with E-state index >= 15 is 0 Å². The molecule has 1 saturated heterocycles. The Morgan fingerprint density at radius 3 is 2.41 bits per heavy atom. The van der Waals surface area contributed by atoms with Crippen LogP contribution in [0.1, 0.15) is 34.1 Å². The first kappa shape index (κ1) is 24.9. The first-order chi connectivity index (χ1) is 13.5. The van der Waals surface area contributed by atoms with Crippen LogP contribution in [0.4, 0.5) is 0 Å². The summed E-state index contributed by atoms with van der Waals surface area (Å²) in [7, 11) is -1.29. The van der Waals surface area contributed by atoms with Gasteiger partial charge in [0.25, 0.3) is 5.78 Å². The summed E-state index contributed by atoms with van der Waals surface area (Å²) in [6.45, 7) is 15.8. The van der Waals surface area contributed by atoms with Gasteiger partial charge in [-0.15, -0.1) is 0 Å². The van der Waals surface area contributed by atoms with E-state index in [2.05, 4.69) is 29.8 Å². The number of ether oxygens (including phenoxy) is 1. The van der Waals surface area contributed by atoms with Crippen LogP contribution in [0.25, 0.3) is 5.53 Å². The quantitative estimate of drug-likeness (QED) is 0.0794. The average molecular weight is 424 g/mol. The first-order valence-electron chi connectivity index (χ1n) is 9.95. The van der Waals surface area contributed by atoms with Crippen molar-refractivity contribution < 1.29 is 28.3 Å². The second-order valence-electron chi connectivity index (χ2n) is 8.63. The van der Waals surface area contributed by atoms with Gasteiger partial charge in [-0.05, 0) is 30.8 Å². The summed E-state index contributed by atoms with van der Waals surface area (Å²) >= 11 is 0. The highest BCUT2D eigenvalue weighted by molar-refractivity contribution is 6.62. The molecule has 1 amide bonds. The van der Waals surface area contributed by atoms with E-state index in [1.165, 1.54) is 6.08 Å². The number of nitrogens with zero attached hydrogens (tertiary/aromatic N) is 2. The van der Waals surface area contributed by atoms with Gasteiger partial charge in [0.15, 0.2) is 9.04 Å². The lowest BCUT2D eigenvalue weighted by atomic mass is 9.64. The van der Waals surface area contributed by atoms with Crippen molar-refractivity contribution in [1.29, 1.82) is 0 Å². The number of carbonyl (C=O) groups is 3. The van der Waals surface area contributed by atoms with Crippen LogP contribution < -0.4 is 5.32 Å². The van der Waals surface area contributed by atoms with Crippen LogP contribution in [0.15, 0.2) is 12.7 Å². The molecule has 1 N–H and O–H groups in total. The first-order valence-corrected chi connectivity index (χ1v) is 12.7. The number of nitrogens with one attached hydrogen (secondary N) is 1. The minimum absolute atomic E-state index is 0.0970. The molecule has 9 heteroatoms. The summed E-state index contributed by atoms with van der Waals surface area (Å²) in [6, 6.07) is -0.467. The second-order valence-corrected chi connectivity index (χ2v) is 11.1. The van der Waals surface area contributed by atoms with Crippen molar-refractivity contribution in [1.82, 2.24) is 5.32 Å². The molecule has 1 aliphatic rings. The number of Topliss-reactive ketones (excluding diaryl/α,β-unsaturated/α-hetero) is 1. The summed E-state index contributed by atoms with van der Waals surface area (Å²) in [6.07, 6.45) is 1.72. The normalized spacial score (nSPS) is 20.7. The van der Waals surface area contributed by atoms with Crippen molar-refractivity contribution in [3.63, 3.8) is 0 Å². The molecular weight excluding hydrogens is 390 g/mol. The summed E-state index contributed by atoms with van der Waals surface area (Å²) in [5.41, 5.74) is 8.33. The fraction of sp³-hybridized carbons (Fsp3) is 0.700. The predicted molar refractivity (Wildman–Crippen MR) is 112 cm³/mol. The Balaban J connectivity index is 3.12. The van der Waals surface area contributed by atoms with E-state index < -0.39 is 44.4 Å². The van der Waals surface area contributed by atoms with Crippen LogP contribution in [0, 0.1) is 23.2 Å². The van der Waals surface area contributed by atoms with Gasteiger partial charge in [-0.2, -0.15) is 4.79 Å². The third-order valence-corrected chi connectivity index (χ3v) is 6.08. The Kier molecular flexibility index (Phi) is 9.13. The lowest BCUT2D eigenvalue weighted by molar-refractivity contribution is -0.147.